The summed E-state index contributed by atoms with van der Waals surface area (Å²) in [6.07, 6.45) is 0.259. The van der Waals surface area contributed by atoms with Crippen LogP contribution in [0.15, 0.2) is 53.9 Å². The van der Waals surface area contributed by atoms with Crippen molar-refractivity contribution in [2.45, 2.75) is 33.7 Å². The van der Waals surface area contributed by atoms with Gasteiger partial charge in [0.25, 0.3) is 0 Å². The average molecular weight is 460 g/mol. The molecule has 168 valence electrons. The number of ether oxygens (including phenoxy) is 2. The van der Waals surface area contributed by atoms with E-state index in [0.29, 0.717) is 0 Å². The van der Waals surface area contributed by atoms with E-state index >= 15 is 0 Å². The Labute approximate surface area is 196 Å². The molecule has 2 aromatic carbocycles. The van der Waals surface area contributed by atoms with Crippen LogP contribution in [0.2, 0.25) is 0 Å². The van der Waals surface area contributed by atoms with Crippen molar-refractivity contribution < 1.29 is 14.3 Å². The summed E-state index contributed by atoms with van der Waals surface area (Å²) < 4.78 is 13.2. The second-order valence-corrected chi connectivity index (χ2v) is 9.17. The molecule has 1 aliphatic heterocycles. The van der Waals surface area contributed by atoms with Gasteiger partial charge < -0.3 is 19.4 Å². The maximum absolute atomic E-state index is 12.5. The average Bonchev–Trinajstić information content (AvgIpc) is 3.51. The molecule has 7 heteroatoms. The van der Waals surface area contributed by atoms with Gasteiger partial charge in [-0.1, -0.05) is 24.3 Å². The van der Waals surface area contributed by atoms with Gasteiger partial charge in [0.15, 0.2) is 11.5 Å². The topological polar surface area (TPSA) is 65.4 Å². The molecular weight excluding hydrogens is 434 g/mol. The maximum Gasteiger partial charge on any atom is 0.231 e. The Hall–Kier alpha value is -3.58. The van der Waals surface area contributed by atoms with Crippen LogP contribution in [0.1, 0.15) is 27.5 Å². The number of aryl methyl sites for hydroxylation is 2. The Kier molecular flexibility index (Phi) is 5.64. The number of aromatic nitrogens is 2. The lowest BCUT2D eigenvalue weighted by Gasteiger charge is -2.10. The SMILES string of the molecule is Cc1ccccc1NC(=O)Cc1nc(-c2cc(C)n(Cc3ccc4c(c3)OCO4)c2C)cs1. The first-order chi connectivity index (χ1) is 16.0. The van der Waals surface area contributed by atoms with Crippen molar-refractivity contribution in [3.05, 3.63) is 81.4 Å². The molecule has 4 aromatic rings. The van der Waals surface area contributed by atoms with E-state index in [0.717, 1.165) is 62.5 Å². The van der Waals surface area contributed by atoms with Crippen molar-refractivity contribution in [1.29, 1.82) is 0 Å². The predicted octanol–water partition coefficient (Wildman–Crippen LogP) is 5.50. The molecule has 0 saturated carbocycles. The van der Waals surface area contributed by atoms with Crippen LogP contribution in [0.4, 0.5) is 5.69 Å². The first-order valence-electron chi connectivity index (χ1n) is 10.8. The standard InChI is InChI=1S/C26H25N3O3S/c1-16-6-4-5-7-21(16)27-25(30)12-26-28-22(14-33-26)20-10-17(2)29(18(20)3)13-19-8-9-23-24(11-19)32-15-31-23/h4-11,14H,12-13,15H2,1-3H3,(H,27,30). The second kappa shape index (κ2) is 8.75. The summed E-state index contributed by atoms with van der Waals surface area (Å²) in [5.74, 6) is 1.53. The molecule has 0 spiro atoms. The van der Waals surface area contributed by atoms with E-state index in [4.69, 9.17) is 14.5 Å². The number of anilines is 1. The van der Waals surface area contributed by atoms with Gasteiger partial charge in [0.1, 0.15) is 5.01 Å². The van der Waals surface area contributed by atoms with Crippen LogP contribution in [0.5, 0.6) is 11.5 Å². The molecule has 0 fully saturated rings. The minimum atomic E-state index is -0.0570. The molecule has 1 aliphatic rings. The highest BCUT2D eigenvalue weighted by molar-refractivity contribution is 7.10. The van der Waals surface area contributed by atoms with Crippen molar-refractivity contribution in [1.82, 2.24) is 9.55 Å². The molecule has 0 saturated heterocycles. The zero-order valence-electron chi connectivity index (χ0n) is 18.8. The summed E-state index contributed by atoms with van der Waals surface area (Å²) in [6, 6.07) is 16.0. The number of amides is 1. The summed E-state index contributed by atoms with van der Waals surface area (Å²) in [6.45, 7) is 7.21. The molecule has 0 atom stereocenters. The smallest absolute Gasteiger partial charge is 0.231 e. The monoisotopic (exact) mass is 459 g/mol. The number of hydrogen-bond acceptors (Lipinski definition) is 5. The Morgan fingerprint density at radius 1 is 1.09 bits per heavy atom. The van der Waals surface area contributed by atoms with Crippen molar-refractivity contribution >= 4 is 22.9 Å². The van der Waals surface area contributed by atoms with Crippen LogP contribution < -0.4 is 14.8 Å². The van der Waals surface area contributed by atoms with Gasteiger partial charge in [0, 0.05) is 34.6 Å². The molecule has 1 N–H and O–H groups in total. The lowest BCUT2D eigenvalue weighted by atomic mass is 10.2. The number of rotatable bonds is 6. The Morgan fingerprint density at radius 3 is 2.76 bits per heavy atom. The van der Waals surface area contributed by atoms with Crippen LogP contribution >= 0.6 is 11.3 Å². The molecule has 5 rings (SSSR count). The van der Waals surface area contributed by atoms with Crippen molar-refractivity contribution in [2.75, 3.05) is 12.1 Å². The van der Waals surface area contributed by atoms with E-state index in [1.165, 1.54) is 11.3 Å². The number of fused-ring (bicyclic) bond motifs is 1. The fourth-order valence-electron chi connectivity index (χ4n) is 4.09. The normalized spacial score (nSPS) is 12.2. The van der Waals surface area contributed by atoms with E-state index in [1.807, 2.05) is 48.7 Å². The molecule has 2 aromatic heterocycles. The highest BCUT2D eigenvalue weighted by Gasteiger charge is 2.17. The Balaban J connectivity index is 1.31. The Morgan fingerprint density at radius 2 is 1.91 bits per heavy atom. The fraction of sp³-hybridized carbons (Fsp3) is 0.231. The van der Waals surface area contributed by atoms with E-state index in [1.54, 1.807) is 0 Å². The van der Waals surface area contributed by atoms with E-state index in [-0.39, 0.29) is 19.1 Å². The van der Waals surface area contributed by atoms with Gasteiger partial charge in [-0.25, -0.2) is 4.98 Å². The van der Waals surface area contributed by atoms with E-state index in [9.17, 15) is 4.79 Å². The number of thiazole rings is 1. The summed E-state index contributed by atoms with van der Waals surface area (Å²) >= 11 is 1.52. The highest BCUT2D eigenvalue weighted by Crippen LogP contribution is 2.34. The lowest BCUT2D eigenvalue weighted by molar-refractivity contribution is -0.115. The van der Waals surface area contributed by atoms with Gasteiger partial charge in [0.05, 0.1) is 12.1 Å². The minimum absolute atomic E-state index is 0.0570. The number of para-hydroxylation sites is 1. The lowest BCUT2D eigenvalue weighted by Crippen LogP contribution is -2.14. The van der Waals surface area contributed by atoms with Crippen molar-refractivity contribution in [3.63, 3.8) is 0 Å². The number of carbonyl (C=O) groups excluding carboxylic acids is 1. The predicted molar refractivity (Wildman–Crippen MR) is 130 cm³/mol. The fourth-order valence-corrected chi connectivity index (χ4v) is 4.88. The van der Waals surface area contributed by atoms with E-state index < -0.39 is 0 Å². The zero-order chi connectivity index (χ0) is 22.9. The van der Waals surface area contributed by atoms with Gasteiger partial charge in [-0.2, -0.15) is 0 Å². The molecular formula is C26H25N3O3S. The Bertz CT molecular complexity index is 1340. The summed E-state index contributed by atoms with van der Waals surface area (Å²) in [4.78, 5) is 17.3. The third kappa shape index (κ3) is 4.36. The van der Waals surface area contributed by atoms with Crippen molar-refractivity contribution in [3.8, 4) is 22.8 Å². The van der Waals surface area contributed by atoms with E-state index in [2.05, 4.69) is 35.9 Å². The minimum Gasteiger partial charge on any atom is -0.454 e. The molecule has 1 amide bonds. The molecule has 6 nitrogen and oxygen atoms in total. The first-order valence-corrected chi connectivity index (χ1v) is 11.7. The first kappa shape index (κ1) is 21.3. The molecule has 0 unspecified atom stereocenters. The summed E-state index contributed by atoms with van der Waals surface area (Å²) in [5.41, 5.74) is 7.34. The molecule has 3 heterocycles. The number of carbonyl (C=O) groups is 1. The zero-order valence-corrected chi connectivity index (χ0v) is 19.7. The van der Waals surface area contributed by atoms with Crippen LogP contribution in [-0.2, 0) is 17.8 Å². The van der Waals surface area contributed by atoms with Crippen LogP contribution in [0, 0.1) is 20.8 Å². The number of nitrogens with one attached hydrogen (secondary N) is 1. The third-order valence-corrected chi connectivity index (χ3v) is 6.76. The van der Waals surface area contributed by atoms with Gasteiger partial charge in [-0.15, -0.1) is 11.3 Å². The van der Waals surface area contributed by atoms with Crippen LogP contribution in [-0.4, -0.2) is 22.3 Å². The molecule has 0 bridgehead atoms. The molecule has 0 radical (unpaired) electrons. The number of nitrogens with zero attached hydrogens (tertiary/aromatic N) is 2. The van der Waals surface area contributed by atoms with Crippen molar-refractivity contribution in [2.24, 2.45) is 0 Å². The van der Waals surface area contributed by atoms with Gasteiger partial charge in [-0.05, 0) is 56.2 Å². The quantitative estimate of drug-likeness (QED) is 0.414. The van der Waals surface area contributed by atoms with Gasteiger partial charge in [-0.3, -0.25) is 4.79 Å². The maximum atomic E-state index is 12.5. The van der Waals surface area contributed by atoms with Crippen LogP contribution in [0.25, 0.3) is 11.3 Å². The largest absolute Gasteiger partial charge is 0.454 e. The highest BCUT2D eigenvalue weighted by atomic mass is 32.1. The summed E-state index contributed by atoms with van der Waals surface area (Å²) in [7, 11) is 0. The molecule has 0 aliphatic carbocycles. The number of benzene rings is 2. The molecule has 33 heavy (non-hydrogen) atoms. The third-order valence-electron chi connectivity index (χ3n) is 5.91. The van der Waals surface area contributed by atoms with Crippen LogP contribution in [0.3, 0.4) is 0 Å². The van der Waals surface area contributed by atoms with Gasteiger partial charge >= 0.3 is 0 Å². The van der Waals surface area contributed by atoms with Gasteiger partial charge in [0.2, 0.25) is 12.7 Å². The second-order valence-electron chi connectivity index (χ2n) is 8.22. The summed E-state index contributed by atoms with van der Waals surface area (Å²) in [5, 5.41) is 5.82. The number of hydrogen-bond donors (Lipinski definition) is 1.